The Kier molecular flexibility index (Phi) is 6.34. The first kappa shape index (κ1) is 13.4. The Hall–Kier alpha value is -0.670. The van der Waals surface area contributed by atoms with Gasteiger partial charge in [0.05, 0.1) is 0 Å². The summed E-state index contributed by atoms with van der Waals surface area (Å²) in [6.45, 7) is 8.79. The van der Waals surface area contributed by atoms with Gasteiger partial charge in [0.1, 0.15) is 0 Å². The van der Waals surface area contributed by atoms with Gasteiger partial charge in [0.25, 0.3) is 0 Å². The minimum Gasteiger partial charge on any atom is -0.383 e. The molecule has 90 valence electrons. The smallest absolute Gasteiger partial charge is 0.0478 e. The van der Waals surface area contributed by atoms with Gasteiger partial charge in [0.2, 0.25) is 0 Å². The molecule has 0 amide bonds. The van der Waals surface area contributed by atoms with Gasteiger partial charge >= 0.3 is 0 Å². The number of hydrogen-bond donors (Lipinski definition) is 1. The highest BCUT2D eigenvalue weighted by Gasteiger charge is 2.01. The van der Waals surface area contributed by atoms with Gasteiger partial charge in [-0.2, -0.15) is 0 Å². The van der Waals surface area contributed by atoms with Crippen molar-refractivity contribution in [2.45, 2.75) is 18.7 Å². The lowest BCUT2D eigenvalue weighted by molar-refractivity contribution is 0.316. The molecule has 1 N–H and O–H groups in total. The first-order valence-electron chi connectivity index (χ1n) is 5.91. The van der Waals surface area contributed by atoms with E-state index >= 15 is 0 Å². The van der Waals surface area contributed by atoms with Crippen LogP contribution < -0.4 is 5.32 Å². The van der Waals surface area contributed by atoms with Gasteiger partial charge in [-0.15, -0.1) is 11.8 Å². The second kappa shape index (κ2) is 7.58. The minimum atomic E-state index is 1.01. The van der Waals surface area contributed by atoms with Gasteiger partial charge < -0.3 is 10.2 Å². The number of nitrogens with one attached hydrogen (secondary N) is 1. The van der Waals surface area contributed by atoms with E-state index in [0.717, 1.165) is 26.2 Å². The zero-order chi connectivity index (χ0) is 11.8. The van der Waals surface area contributed by atoms with Crippen molar-refractivity contribution < 1.29 is 0 Å². The Morgan fingerprint density at radius 3 is 2.50 bits per heavy atom. The number of para-hydroxylation sites is 1. The molecular formula is C13H22N2S. The van der Waals surface area contributed by atoms with Crippen molar-refractivity contribution in [3.8, 4) is 0 Å². The van der Waals surface area contributed by atoms with Crippen LogP contribution in [0.3, 0.4) is 0 Å². The van der Waals surface area contributed by atoms with E-state index in [0.29, 0.717) is 0 Å². The third-order valence-electron chi connectivity index (χ3n) is 2.74. The van der Waals surface area contributed by atoms with Crippen molar-refractivity contribution in [2.75, 3.05) is 37.8 Å². The maximum atomic E-state index is 3.50. The van der Waals surface area contributed by atoms with Crippen LogP contribution in [0.15, 0.2) is 29.2 Å². The second-order valence-corrected chi connectivity index (χ2v) is 4.50. The summed E-state index contributed by atoms with van der Waals surface area (Å²) in [6, 6.07) is 8.47. The molecule has 0 aromatic heterocycles. The van der Waals surface area contributed by atoms with Crippen LogP contribution >= 0.6 is 11.8 Å². The fourth-order valence-corrected chi connectivity index (χ4v) is 2.25. The van der Waals surface area contributed by atoms with Crippen LogP contribution in [-0.2, 0) is 0 Å². The normalized spacial score (nSPS) is 10.8. The molecule has 16 heavy (non-hydrogen) atoms. The molecule has 1 aromatic carbocycles. The zero-order valence-corrected chi connectivity index (χ0v) is 11.3. The number of nitrogens with zero attached hydrogens (tertiary/aromatic N) is 1. The van der Waals surface area contributed by atoms with Gasteiger partial charge in [0.15, 0.2) is 0 Å². The van der Waals surface area contributed by atoms with E-state index in [2.05, 4.69) is 54.6 Å². The number of rotatable bonds is 7. The molecule has 0 spiro atoms. The van der Waals surface area contributed by atoms with Crippen LogP contribution in [0.1, 0.15) is 13.8 Å². The largest absolute Gasteiger partial charge is 0.383 e. The van der Waals surface area contributed by atoms with Gasteiger partial charge in [0, 0.05) is 23.7 Å². The zero-order valence-electron chi connectivity index (χ0n) is 10.5. The minimum absolute atomic E-state index is 1.01. The first-order valence-corrected chi connectivity index (χ1v) is 7.13. The second-order valence-electron chi connectivity index (χ2n) is 3.65. The fraction of sp³-hybridized carbons (Fsp3) is 0.538. The molecule has 3 heteroatoms. The Bertz CT molecular complexity index is 298. The van der Waals surface area contributed by atoms with E-state index in [1.165, 1.54) is 10.6 Å². The maximum absolute atomic E-state index is 3.50. The van der Waals surface area contributed by atoms with Crippen molar-refractivity contribution in [3.63, 3.8) is 0 Å². The van der Waals surface area contributed by atoms with Crippen LogP contribution in [0.4, 0.5) is 5.69 Å². The van der Waals surface area contributed by atoms with Gasteiger partial charge in [-0.05, 0) is 31.5 Å². The fourth-order valence-electron chi connectivity index (χ4n) is 1.68. The summed E-state index contributed by atoms with van der Waals surface area (Å²) in [5.41, 5.74) is 1.25. The predicted molar refractivity (Wildman–Crippen MR) is 74.5 cm³/mol. The van der Waals surface area contributed by atoms with Crippen LogP contribution in [0.25, 0.3) is 0 Å². The summed E-state index contributed by atoms with van der Waals surface area (Å²) in [5.74, 6) is 0. The molecular weight excluding hydrogens is 216 g/mol. The average Bonchev–Trinajstić information content (AvgIpc) is 2.35. The third kappa shape index (κ3) is 4.06. The number of anilines is 1. The standard InChI is InChI=1S/C13H22N2S/c1-4-15(5-2)11-10-14-12-8-6-7-9-13(12)16-3/h6-9,14H,4-5,10-11H2,1-3H3. The molecule has 0 bridgehead atoms. The Morgan fingerprint density at radius 2 is 1.88 bits per heavy atom. The Labute approximate surface area is 103 Å². The molecule has 2 nitrogen and oxygen atoms in total. The Balaban J connectivity index is 2.42. The lowest BCUT2D eigenvalue weighted by Gasteiger charge is -2.19. The van der Waals surface area contributed by atoms with Crippen LogP contribution in [0.2, 0.25) is 0 Å². The molecule has 0 aliphatic carbocycles. The molecule has 0 aliphatic rings. The highest BCUT2D eigenvalue weighted by molar-refractivity contribution is 7.98. The molecule has 0 saturated heterocycles. The highest BCUT2D eigenvalue weighted by Crippen LogP contribution is 2.24. The van der Waals surface area contributed by atoms with Crippen LogP contribution in [0, 0.1) is 0 Å². The van der Waals surface area contributed by atoms with Gasteiger partial charge in [-0.1, -0.05) is 26.0 Å². The molecule has 0 unspecified atom stereocenters. The molecule has 1 aromatic rings. The third-order valence-corrected chi connectivity index (χ3v) is 3.54. The van der Waals surface area contributed by atoms with E-state index in [1.54, 1.807) is 11.8 Å². The summed E-state index contributed by atoms with van der Waals surface area (Å²) in [4.78, 5) is 3.75. The first-order chi connectivity index (χ1) is 7.81. The Morgan fingerprint density at radius 1 is 1.19 bits per heavy atom. The van der Waals surface area contributed by atoms with E-state index in [9.17, 15) is 0 Å². The van der Waals surface area contributed by atoms with E-state index in [4.69, 9.17) is 0 Å². The quantitative estimate of drug-likeness (QED) is 0.735. The van der Waals surface area contributed by atoms with Crippen molar-refractivity contribution in [1.29, 1.82) is 0 Å². The molecule has 0 radical (unpaired) electrons. The number of hydrogen-bond acceptors (Lipinski definition) is 3. The monoisotopic (exact) mass is 238 g/mol. The van der Waals surface area contributed by atoms with Crippen molar-refractivity contribution in [3.05, 3.63) is 24.3 Å². The summed E-state index contributed by atoms with van der Waals surface area (Å²) >= 11 is 1.79. The summed E-state index contributed by atoms with van der Waals surface area (Å²) in [5, 5.41) is 3.50. The lowest BCUT2D eigenvalue weighted by Crippen LogP contribution is -2.28. The topological polar surface area (TPSA) is 15.3 Å². The molecule has 0 saturated carbocycles. The van der Waals surface area contributed by atoms with Crippen molar-refractivity contribution in [1.82, 2.24) is 4.90 Å². The molecule has 0 fully saturated rings. The van der Waals surface area contributed by atoms with Crippen LogP contribution in [-0.4, -0.2) is 37.3 Å². The van der Waals surface area contributed by atoms with E-state index in [1.807, 2.05) is 0 Å². The maximum Gasteiger partial charge on any atom is 0.0478 e. The lowest BCUT2D eigenvalue weighted by atomic mass is 10.3. The van der Waals surface area contributed by atoms with E-state index in [-0.39, 0.29) is 0 Å². The van der Waals surface area contributed by atoms with Gasteiger partial charge in [-0.3, -0.25) is 0 Å². The molecule has 0 aliphatic heterocycles. The molecule has 0 heterocycles. The van der Waals surface area contributed by atoms with E-state index < -0.39 is 0 Å². The highest BCUT2D eigenvalue weighted by atomic mass is 32.2. The van der Waals surface area contributed by atoms with Crippen molar-refractivity contribution in [2.24, 2.45) is 0 Å². The summed E-state index contributed by atoms with van der Waals surface area (Å²) in [7, 11) is 0. The van der Waals surface area contributed by atoms with Crippen molar-refractivity contribution >= 4 is 17.4 Å². The number of benzene rings is 1. The summed E-state index contributed by atoms with van der Waals surface area (Å²) in [6.07, 6.45) is 2.12. The summed E-state index contributed by atoms with van der Waals surface area (Å²) < 4.78 is 0. The number of likely N-dealkylation sites (N-methyl/N-ethyl adjacent to an activating group) is 1. The SMILES string of the molecule is CCN(CC)CCNc1ccccc1SC. The number of thioether (sulfide) groups is 1. The van der Waals surface area contributed by atoms with Gasteiger partial charge in [-0.25, -0.2) is 0 Å². The average molecular weight is 238 g/mol. The predicted octanol–water partition coefficient (Wildman–Crippen LogP) is 3.16. The molecule has 0 atom stereocenters. The van der Waals surface area contributed by atoms with Crippen LogP contribution in [0.5, 0.6) is 0 Å². The molecule has 1 rings (SSSR count).